The Labute approximate surface area is 182 Å². The summed E-state index contributed by atoms with van der Waals surface area (Å²) in [7, 11) is 0. The molecule has 0 aromatic heterocycles. The molecule has 6 heteroatoms. The lowest BCUT2D eigenvalue weighted by Crippen LogP contribution is -2.37. The Morgan fingerprint density at radius 2 is 1.48 bits per heavy atom. The summed E-state index contributed by atoms with van der Waals surface area (Å²) in [5, 5.41) is 2.74. The largest absolute Gasteiger partial charge is 0.366 e. The van der Waals surface area contributed by atoms with Crippen LogP contribution in [0.5, 0.6) is 0 Å². The third kappa shape index (κ3) is 4.10. The average Bonchev–Trinajstić information content (AvgIpc) is 2.98. The van der Waals surface area contributed by atoms with Crippen LogP contribution in [0.15, 0.2) is 48.2 Å². The fourth-order valence-corrected chi connectivity index (χ4v) is 4.43. The minimum atomic E-state index is -0.303. The Balaban J connectivity index is 1.79. The zero-order valence-electron chi connectivity index (χ0n) is 18.2. The number of nitrogens with one attached hydrogen (secondary N) is 1. The number of likely N-dealkylation sites (tertiary alicyclic amines) is 1. The van der Waals surface area contributed by atoms with Gasteiger partial charge in [-0.05, 0) is 74.1 Å². The van der Waals surface area contributed by atoms with E-state index in [0.29, 0.717) is 28.2 Å². The summed E-state index contributed by atoms with van der Waals surface area (Å²) < 4.78 is 0. The van der Waals surface area contributed by atoms with Crippen molar-refractivity contribution in [1.29, 1.82) is 0 Å². The molecule has 0 radical (unpaired) electrons. The zero-order valence-corrected chi connectivity index (χ0v) is 18.2. The second kappa shape index (κ2) is 8.38. The number of rotatable bonds is 4. The first-order valence-electron chi connectivity index (χ1n) is 10.7. The van der Waals surface area contributed by atoms with Crippen LogP contribution in [-0.4, -0.2) is 35.7 Å². The van der Waals surface area contributed by atoms with E-state index in [0.717, 1.165) is 43.5 Å². The Morgan fingerprint density at radius 3 is 2.06 bits per heavy atom. The van der Waals surface area contributed by atoms with Crippen LogP contribution >= 0.6 is 0 Å². The van der Waals surface area contributed by atoms with Gasteiger partial charge in [0.25, 0.3) is 11.8 Å². The first-order chi connectivity index (χ1) is 14.8. The zero-order chi connectivity index (χ0) is 22.1. The van der Waals surface area contributed by atoms with Gasteiger partial charge >= 0.3 is 0 Å². The maximum Gasteiger partial charge on any atom is 0.282 e. The summed E-state index contributed by atoms with van der Waals surface area (Å²) in [6.45, 7) is 6.90. The van der Waals surface area contributed by atoms with Gasteiger partial charge < -0.3 is 10.2 Å². The minimum absolute atomic E-state index is 0.158. The third-order valence-electron chi connectivity index (χ3n) is 5.69. The molecule has 3 amide bonds. The average molecular weight is 418 g/mol. The minimum Gasteiger partial charge on any atom is -0.366 e. The number of hydrogen-bond donors (Lipinski definition) is 1. The van der Waals surface area contributed by atoms with Crippen molar-refractivity contribution in [3.05, 3.63) is 64.9 Å². The van der Waals surface area contributed by atoms with Crippen molar-refractivity contribution in [2.24, 2.45) is 0 Å². The summed E-state index contributed by atoms with van der Waals surface area (Å²) in [5.74, 6) is -0.727. The number of aryl methyl sites for hydroxylation is 2. The molecule has 2 aliphatic heterocycles. The lowest BCUT2D eigenvalue weighted by molar-refractivity contribution is -0.121. The Morgan fingerprint density at radius 1 is 0.871 bits per heavy atom. The second-order valence-corrected chi connectivity index (χ2v) is 8.32. The van der Waals surface area contributed by atoms with Gasteiger partial charge in [-0.15, -0.1) is 0 Å². The second-order valence-electron chi connectivity index (χ2n) is 8.32. The predicted octanol–water partition coefficient (Wildman–Crippen LogP) is 4.03. The first kappa shape index (κ1) is 20.8. The highest BCUT2D eigenvalue weighted by Gasteiger charge is 2.42. The lowest BCUT2D eigenvalue weighted by Gasteiger charge is -2.29. The van der Waals surface area contributed by atoms with E-state index in [1.807, 2.05) is 32.0 Å². The van der Waals surface area contributed by atoms with Crippen molar-refractivity contribution in [1.82, 2.24) is 4.90 Å². The normalized spacial score (nSPS) is 16.9. The Hall–Kier alpha value is -3.41. The van der Waals surface area contributed by atoms with E-state index < -0.39 is 0 Å². The van der Waals surface area contributed by atoms with Crippen LogP contribution in [0.3, 0.4) is 0 Å². The molecule has 0 spiro atoms. The van der Waals surface area contributed by atoms with E-state index in [1.165, 1.54) is 11.8 Å². The molecule has 0 saturated carbocycles. The van der Waals surface area contributed by atoms with Crippen molar-refractivity contribution >= 4 is 34.7 Å². The number of piperidine rings is 1. The van der Waals surface area contributed by atoms with Gasteiger partial charge in [0.05, 0.1) is 11.3 Å². The summed E-state index contributed by atoms with van der Waals surface area (Å²) in [6.07, 6.45) is 3.14. The number of carbonyl (C=O) groups excluding carboxylic acids is 3. The molecule has 0 unspecified atom stereocenters. The van der Waals surface area contributed by atoms with E-state index in [2.05, 4.69) is 10.2 Å². The number of amides is 3. The molecule has 160 valence electrons. The quantitative estimate of drug-likeness (QED) is 0.763. The standard InChI is InChI=1S/C25H27N3O3/c1-16-13-17(2)15-21(14-16)28-24(30)22(19-7-9-20(10-8-19)26-18(3)29)23(25(28)31)27-11-5-4-6-12-27/h7-10,13-15H,4-6,11-12H2,1-3H3,(H,26,29). The highest BCUT2D eigenvalue weighted by atomic mass is 16.2. The number of carbonyl (C=O) groups is 3. The molecule has 6 nitrogen and oxygen atoms in total. The fourth-order valence-electron chi connectivity index (χ4n) is 4.43. The third-order valence-corrected chi connectivity index (χ3v) is 5.69. The molecule has 2 aromatic carbocycles. The van der Waals surface area contributed by atoms with Gasteiger partial charge in [0.15, 0.2) is 0 Å². The number of imide groups is 1. The fraction of sp³-hybridized carbons (Fsp3) is 0.320. The Bertz CT molecular complexity index is 1060. The molecular formula is C25H27N3O3. The topological polar surface area (TPSA) is 69.7 Å². The van der Waals surface area contributed by atoms with E-state index in [4.69, 9.17) is 0 Å². The van der Waals surface area contributed by atoms with Gasteiger partial charge in [-0.3, -0.25) is 14.4 Å². The maximum atomic E-state index is 13.6. The molecule has 1 saturated heterocycles. The smallest absolute Gasteiger partial charge is 0.282 e. The molecule has 0 aliphatic carbocycles. The van der Waals surface area contributed by atoms with Crippen LogP contribution in [0.1, 0.15) is 42.9 Å². The summed E-state index contributed by atoms with van der Waals surface area (Å²) in [6, 6.07) is 12.9. The van der Waals surface area contributed by atoms with Crippen molar-refractivity contribution in [2.75, 3.05) is 23.3 Å². The van der Waals surface area contributed by atoms with Crippen LogP contribution in [0, 0.1) is 13.8 Å². The summed E-state index contributed by atoms with van der Waals surface area (Å²) >= 11 is 0. The molecule has 2 heterocycles. The molecule has 31 heavy (non-hydrogen) atoms. The number of anilines is 2. The van der Waals surface area contributed by atoms with Crippen LogP contribution in [0.4, 0.5) is 11.4 Å². The van der Waals surface area contributed by atoms with E-state index >= 15 is 0 Å². The molecule has 1 N–H and O–H groups in total. The molecule has 2 aromatic rings. The number of hydrogen-bond acceptors (Lipinski definition) is 4. The summed E-state index contributed by atoms with van der Waals surface area (Å²) in [4.78, 5) is 41.9. The molecule has 1 fully saturated rings. The highest BCUT2D eigenvalue weighted by Crippen LogP contribution is 2.36. The number of nitrogens with zero attached hydrogens (tertiary/aromatic N) is 2. The van der Waals surface area contributed by atoms with E-state index in [9.17, 15) is 14.4 Å². The van der Waals surface area contributed by atoms with Crippen LogP contribution in [0.25, 0.3) is 5.57 Å². The van der Waals surface area contributed by atoms with Gasteiger partial charge in [-0.25, -0.2) is 4.90 Å². The van der Waals surface area contributed by atoms with E-state index in [-0.39, 0.29) is 17.7 Å². The SMILES string of the molecule is CC(=O)Nc1ccc(C2=C(N3CCCCC3)C(=O)N(c3cc(C)cc(C)c3)C2=O)cc1. The first-order valence-corrected chi connectivity index (χ1v) is 10.7. The van der Waals surface area contributed by atoms with E-state index in [1.54, 1.807) is 24.3 Å². The molecular weight excluding hydrogens is 390 g/mol. The maximum absolute atomic E-state index is 13.6. The Kier molecular flexibility index (Phi) is 5.63. The molecule has 0 atom stereocenters. The van der Waals surface area contributed by atoms with Gasteiger partial charge in [0.1, 0.15) is 5.70 Å². The molecule has 2 aliphatic rings. The number of benzene rings is 2. The van der Waals surface area contributed by atoms with Crippen molar-refractivity contribution in [2.45, 2.75) is 40.0 Å². The van der Waals surface area contributed by atoms with Gasteiger partial charge in [-0.1, -0.05) is 18.2 Å². The monoisotopic (exact) mass is 417 g/mol. The molecule has 4 rings (SSSR count). The highest BCUT2D eigenvalue weighted by molar-refractivity contribution is 6.45. The van der Waals surface area contributed by atoms with Crippen LogP contribution in [0.2, 0.25) is 0 Å². The van der Waals surface area contributed by atoms with Gasteiger partial charge in [0.2, 0.25) is 5.91 Å². The van der Waals surface area contributed by atoms with Crippen molar-refractivity contribution < 1.29 is 14.4 Å². The van der Waals surface area contributed by atoms with Crippen LogP contribution < -0.4 is 10.2 Å². The van der Waals surface area contributed by atoms with Crippen LogP contribution in [-0.2, 0) is 14.4 Å². The van der Waals surface area contributed by atoms with Crippen molar-refractivity contribution in [3.63, 3.8) is 0 Å². The van der Waals surface area contributed by atoms with Crippen molar-refractivity contribution in [3.8, 4) is 0 Å². The lowest BCUT2D eigenvalue weighted by atomic mass is 10.0. The summed E-state index contributed by atoms with van der Waals surface area (Å²) in [5.41, 5.74) is 4.86. The predicted molar refractivity (Wildman–Crippen MR) is 121 cm³/mol. The molecule has 0 bridgehead atoms. The van der Waals surface area contributed by atoms with Gasteiger partial charge in [-0.2, -0.15) is 0 Å². The van der Waals surface area contributed by atoms with Gasteiger partial charge in [0, 0.05) is 25.7 Å².